The molecule has 3 saturated heterocycles. The van der Waals surface area contributed by atoms with Gasteiger partial charge in [-0.05, 0) is 25.3 Å². The largest absolute Gasteiger partial charge is 0.456 e. The molecule has 3 heteroatoms. The van der Waals surface area contributed by atoms with Crippen molar-refractivity contribution in [2.75, 3.05) is 6.54 Å². The average molecular weight is 217 g/mol. The molecular formula is C13H15NO2. The summed E-state index contributed by atoms with van der Waals surface area (Å²) in [5, 5.41) is 3.36. The fourth-order valence-corrected chi connectivity index (χ4v) is 2.63. The van der Waals surface area contributed by atoms with Crippen molar-refractivity contribution < 1.29 is 9.53 Å². The van der Waals surface area contributed by atoms with Crippen LogP contribution in [0.5, 0.6) is 0 Å². The van der Waals surface area contributed by atoms with Crippen LogP contribution in [0.4, 0.5) is 0 Å². The van der Waals surface area contributed by atoms with E-state index in [0.717, 1.165) is 24.9 Å². The van der Waals surface area contributed by atoms with Crippen molar-refractivity contribution in [1.29, 1.82) is 0 Å². The molecule has 1 N–H and O–H groups in total. The number of ether oxygens (including phenoxy) is 1. The number of nitrogens with one attached hydrogen (secondary N) is 1. The molecule has 3 heterocycles. The predicted octanol–water partition coefficient (Wildman–Crippen LogP) is 1.58. The van der Waals surface area contributed by atoms with Crippen LogP contribution in [0, 0.1) is 0 Å². The van der Waals surface area contributed by atoms with E-state index in [1.165, 1.54) is 0 Å². The second kappa shape index (κ2) is 3.08. The van der Waals surface area contributed by atoms with Crippen LogP contribution in [0.1, 0.15) is 25.3 Å². The van der Waals surface area contributed by atoms with Gasteiger partial charge in [0.05, 0.1) is 0 Å². The fraction of sp³-hybridized carbons (Fsp3) is 0.462. The van der Waals surface area contributed by atoms with Crippen LogP contribution in [-0.4, -0.2) is 18.1 Å². The summed E-state index contributed by atoms with van der Waals surface area (Å²) in [5.41, 5.74) is 0.119. The Bertz CT molecular complexity index is 419. The summed E-state index contributed by atoms with van der Waals surface area (Å²) in [6, 6.07) is 9.86. The first-order valence-electron chi connectivity index (χ1n) is 5.69. The van der Waals surface area contributed by atoms with Crippen molar-refractivity contribution >= 4 is 5.97 Å². The minimum absolute atomic E-state index is 0.126. The third-order valence-corrected chi connectivity index (χ3v) is 3.75. The van der Waals surface area contributed by atoms with Crippen LogP contribution in [-0.2, 0) is 15.1 Å². The van der Waals surface area contributed by atoms with E-state index in [4.69, 9.17) is 4.74 Å². The van der Waals surface area contributed by atoms with E-state index >= 15 is 0 Å². The Balaban J connectivity index is 2.03. The van der Waals surface area contributed by atoms with Gasteiger partial charge in [-0.25, -0.2) is 4.79 Å². The molecule has 0 amide bonds. The number of benzene rings is 1. The highest BCUT2D eigenvalue weighted by Gasteiger charge is 2.55. The zero-order chi connectivity index (χ0) is 11.2. The zero-order valence-corrected chi connectivity index (χ0v) is 9.32. The van der Waals surface area contributed by atoms with Crippen LogP contribution >= 0.6 is 0 Å². The minimum Gasteiger partial charge on any atom is -0.456 e. The summed E-state index contributed by atoms with van der Waals surface area (Å²) in [6.45, 7) is 2.74. The number of rotatable bonds is 1. The van der Waals surface area contributed by atoms with Gasteiger partial charge in [0.25, 0.3) is 0 Å². The lowest BCUT2D eigenvalue weighted by atomic mass is 9.75. The Hall–Kier alpha value is -1.35. The van der Waals surface area contributed by atoms with Crippen LogP contribution < -0.4 is 5.32 Å². The van der Waals surface area contributed by atoms with E-state index in [9.17, 15) is 4.79 Å². The molecule has 3 nitrogen and oxygen atoms in total. The van der Waals surface area contributed by atoms with Gasteiger partial charge in [-0.15, -0.1) is 0 Å². The second-order valence-electron chi connectivity index (χ2n) is 4.96. The Kier molecular flexibility index (Phi) is 1.89. The lowest BCUT2D eigenvalue weighted by Crippen LogP contribution is -2.67. The number of hydrogen-bond acceptors (Lipinski definition) is 3. The molecule has 0 spiro atoms. The number of piperidine rings is 1. The van der Waals surface area contributed by atoms with Gasteiger partial charge in [0, 0.05) is 6.54 Å². The highest BCUT2D eigenvalue weighted by atomic mass is 16.6. The summed E-state index contributed by atoms with van der Waals surface area (Å²) in [7, 11) is 0. The molecular weight excluding hydrogens is 202 g/mol. The maximum atomic E-state index is 12.1. The molecule has 0 aromatic heterocycles. The maximum Gasteiger partial charge on any atom is 0.331 e. The van der Waals surface area contributed by atoms with Gasteiger partial charge in [-0.1, -0.05) is 30.3 Å². The van der Waals surface area contributed by atoms with Crippen molar-refractivity contribution in [2.45, 2.75) is 30.9 Å². The molecule has 84 valence electrons. The number of hydrogen-bond donors (Lipinski definition) is 1. The standard InChI is InChI=1S/C13H15NO2/c1-12-7-8-13(14-9-12,11(15)16-12)10-5-3-2-4-6-10/h2-6,14H,7-9H2,1H3. The normalized spacial score (nSPS) is 37.2. The Morgan fingerprint density at radius 1 is 1.25 bits per heavy atom. The number of morpholine rings is 1. The number of carbonyl (C=O) groups is 1. The smallest absolute Gasteiger partial charge is 0.331 e. The van der Waals surface area contributed by atoms with E-state index in [1.54, 1.807) is 0 Å². The lowest BCUT2D eigenvalue weighted by molar-refractivity contribution is -0.190. The van der Waals surface area contributed by atoms with E-state index in [-0.39, 0.29) is 11.6 Å². The van der Waals surface area contributed by atoms with Gasteiger partial charge >= 0.3 is 5.97 Å². The molecule has 2 atom stereocenters. The van der Waals surface area contributed by atoms with Crippen molar-refractivity contribution in [2.24, 2.45) is 0 Å². The Labute approximate surface area is 94.8 Å². The van der Waals surface area contributed by atoms with E-state index < -0.39 is 5.54 Å². The third kappa shape index (κ3) is 1.21. The molecule has 3 fully saturated rings. The molecule has 3 aliphatic heterocycles. The summed E-state index contributed by atoms with van der Waals surface area (Å²) < 4.78 is 5.53. The first-order chi connectivity index (χ1) is 7.65. The van der Waals surface area contributed by atoms with Gasteiger partial charge in [0.15, 0.2) is 0 Å². The number of esters is 1. The maximum absolute atomic E-state index is 12.1. The number of fused-ring (bicyclic) bond motifs is 3. The van der Waals surface area contributed by atoms with E-state index in [0.29, 0.717) is 0 Å². The Morgan fingerprint density at radius 3 is 2.56 bits per heavy atom. The average Bonchev–Trinajstić information content (AvgIpc) is 2.30. The SMILES string of the molecule is CC12CCC(c3ccccc3)(NC1)C(=O)O2. The van der Waals surface area contributed by atoms with Crippen molar-refractivity contribution in [3.63, 3.8) is 0 Å². The molecule has 1 aromatic rings. The van der Waals surface area contributed by atoms with Gasteiger partial charge in [-0.3, -0.25) is 5.32 Å². The molecule has 2 bridgehead atoms. The predicted molar refractivity (Wildman–Crippen MR) is 59.9 cm³/mol. The molecule has 1 aromatic carbocycles. The molecule has 16 heavy (non-hydrogen) atoms. The van der Waals surface area contributed by atoms with Gasteiger partial charge in [0.1, 0.15) is 11.1 Å². The van der Waals surface area contributed by atoms with Gasteiger partial charge in [0.2, 0.25) is 0 Å². The first kappa shape index (κ1) is 9.85. The van der Waals surface area contributed by atoms with Gasteiger partial charge < -0.3 is 4.74 Å². The van der Waals surface area contributed by atoms with Gasteiger partial charge in [-0.2, -0.15) is 0 Å². The fourth-order valence-electron chi connectivity index (χ4n) is 2.63. The summed E-state index contributed by atoms with van der Waals surface area (Å²) in [4.78, 5) is 12.1. The molecule has 3 aliphatic rings. The second-order valence-corrected chi connectivity index (χ2v) is 4.96. The first-order valence-corrected chi connectivity index (χ1v) is 5.69. The van der Waals surface area contributed by atoms with E-state index in [2.05, 4.69) is 5.32 Å². The quantitative estimate of drug-likeness (QED) is 0.726. The minimum atomic E-state index is -0.598. The van der Waals surface area contributed by atoms with E-state index in [1.807, 2.05) is 37.3 Å². The molecule has 2 unspecified atom stereocenters. The topological polar surface area (TPSA) is 38.3 Å². The van der Waals surface area contributed by atoms with Crippen molar-refractivity contribution in [3.05, 3.63) is 35.9 Å². The van der Waals surface area contributed by atoms with Crippen LogP contribution in [0.25, 0.3) is 0 Å². The van der Waals surface area contributed by atoms with Crippen LogP contribution in [0.2, 0.25) is 0 Å². The molecule has 0 saturated carbocycles. The molecule has 0 radical (unpaired) electrons. The summed E-state index contributed by atoms with van der Waals surface area (Å²) in [5.74, 6) is -0.126. The Morgan fingerprint density at radius 2 is 2.00 bits per heavy atom. The number of carbonyl (C=O) groups excluding carboxylic acids is 1. The molecule has 4 rings (SSSR count). The lowest BCUT2D eigenvalue weighted by Gasteiger charge is -2.50. The summed E-state index contributed by atoms with van der Waals surface area (Å²) in [6.07, 6.45) is 1.76. The third-order valence-electron chi connectivity index (χ3n) is 3.75. The highest BCUT2D eigenvalue weighted by Crippen LogP contribution is 2.42. The van der Waals surface area contributed by atoms with Crippen LogP contribution in [0.3, 0.4) is 0 Å². The monoisotopic (exact) mass is 217 g/mol. The molecule has 0 aliphatic carbocycles. The highest BCUT2D eigenvalue weighted by molar-refractivity contribution is 5.84. The summed E-state index contributed by atoms with van der Waals surface area (Å²) >= 11 is 0. The zero-order valence-electron chi connectivity index (χ0n) is 9.32. The van der Waals surface area contributed by atoms with Crippen molar-refractivity contribution in [1.82, 2.24) is 5.32 Å². The van der Waals surface area contributed by atoms with Crippen LogP contribution in [0.15, 0.2) is 30.3 Å². The van der Waals surface area contributed by atoms with Crippen molar-refractivity contribution in [3.8, 4) is 0 Å².